The highest BCUT2D eigenvalue weighted by Gasteiger charge is 2.24. The summed E-state index contributed by atoms with van der Waals surface area (Å²) in [5.41, 5.74) is 1.30. The molecule has 0 bridgehead atoms. The van der Waals surface area contributed by atoms with E-state index in [1.807, 2.05) is 7.05 Å². The third-order valence-corrected chi connectivity index (χ3v) is 3.66. The van der Waals surface area contributed by atoms with Crippen LogP contribution in [0.5, 0.6) is 0 Å². The van der Waals surface area contributed by atoms with Crippen LogP contribution in [0.1, 0.15) is 30.9 Å². The van der Waals surface area contributed by atoms with Gasteiger partial charge in [0.1, 0.15) is 0 Å². The van der Waals surface area contributed by atoms with Crippen molar-refractivity contribution in [3.05, 3.63) is 34.3 Å². The van der Waals surface area contributed by atoms with E-state index in [4.69, 9.17) is 4.74 Å². The number of halogens is 1. The van der Waals surface area contributed by atoms with E-state index < -0.39 is 0 Å². The number of likely N-dealkylation sites (N-methyl/N-ethyl adjacent to an activating group) is 1. The van der Waals surface area contributed by atoms with E-state index in [2.05, 4.69) is 45.5 Å². The van der Waals surface area contributed by atoms with Crippen molar-refractivity contribution in [1.29, 1.82) is 0 Å². The largest absolute Gasteiger partial charge is 0.376 e. The second-order valence-corrected chi connectivity index (χ2v) is 5.14. The molecule has 88 valence electrons. The van der Waals surface area contributed by atoms with Crippen molar-refractivity contribution < 1.29 is 4.74 Å². The van der Waals surface area contributed by atoms with Crippen LogP contribution >= 0.6 is 15.9 Å². The Bertz CT molecular complexity index is 319. The number of hydrogen-bond donors (Lipinski definition) is 1. The van der Waals surface area contributed by atoms with Gasteiger partial charge in [-0.1, -0.05) is 28.1 Å². The monoisotopic (exact) mass is 283 g/mol. The van der Waals surface area contributed by atoms with Gasteiger partial charge in [0.05, 0.1) is 12.1 Å². The number of nitrogens with one attached hydrogen (secondary N) is 1. The molecule has 1 saturated heterocycles. The molecule has 1 heterocycles. The van der Waals surface area contributed by atoms with Crippen molar-refractivity contribution in [2.24, 2.45) is 0 Å². The average Bonchev–Trinajstić information content (AvgIpc) is 2.34. The Labute approximate surface area is 106 Å². The predicted octanol–water partition coefficient (Wildman–Crippen LogP) is 3.28. The van der Waals surface area contributed by atoms with Crippen LogP contribution in [0.25, 0.3) is 0 Å². The zero-order valence-electron chi connectivity index (χ0n) is 9.58. The van der Waals surface area contributed by atoms with Gasteiger partial charge in [0, 0.05) is 11.1 Å². The van der Waals surface area contributed by atoms with Crippen LogP contribution < -0.4 is 5.32 Å². The highest BCUT2D eigenvalue weighted by atomic mass is 79.9. The van der Waals surface area contributed by atoms with Crippen molar-refractivity contribution in [3.8, 4) is 0 Å². The lowest BCUT2D eigenvalue weighted by atomic mass is 9.96. The molecule has 0 aliphatic carbocycles. The summed E-state index contributed by atoms with van der Waals surface area (Å²) in [5, 5.41) is 3.37. The van der Waals surface area contributed by atoms with Crippen LogP contribution in [-0.2, 0) is 4.74 Å². The van der Waals surface area contributed by atoms with Crippen LogP contribution in [0.4, 0.5) is 0 Å². The van der Waals surface area contributed by atoms with Gasteiger partial charge in [0.25, 0.3) is 0 Å². The van der Waals surface area contributed by atoms with E-state index in [1.54, 1.807) is 0 Å². The summed E-state index contributed by atoms with van der Waals surface area (Å²) in [7, 11) is 2.00. The average molecular weight is 284 g/mol. The van der Waals surface area contributed by atoms with Crippen LogP contribution in [0.2, 0.25) is 0 Å². The Morgan fingerprint density at radius 3 is 2.62 bits per heavy atom. The maximum absolute atomic E-state index is 5.84. The lowest BCUT2D eigenvalue weighted by Crippen LogP contribution is -2.34. The summed E-state index contributed by atoms with van der Waals surface area (Å²) in [6.07, 6.45) is 3.95. The van der Waals surface area contributed by atoms with Crippen LogP contribution in [0.3, 0.4) is 0 Å². The zero-order chi connectivity index (χ0) is 11.4. The van der Waals surface area contributed by atoms with Gasteiger partial charge in [-0.25, -0.2) is 0 Å². The Morgan fingerprint density at radius 1 is 1.31 bits per heavy atom. The molecule has 16 heavy (non-hydrogen) atoms. The molecule has 2 atom stereocenters. The minimum absolute atomic E-state index is 0.313. The predicted molar refractivity (Wildman–Crippen MR) is 69.5 cm³/mol. The molecule has 2 unspecified atom stereocenters. The van der Waals surface area contributed by atoms with Crippen molar-refractivity contribution >= 4 is 15.9 Å². The summed E-state index contributed by atoms with van der Waals surface area (Å²) >= 11 is 3.46. The maximum Gasteiger partial charge on any atom is 0.0769 e. The Kier molecular flexibility index (Phi) is 4.38. The minimum atomic E-state index is 0.313. The molecule has 0 spiro atoms. The van der Waals surface area contributed by atoms with E-state index in [9.17, 15) is 0 Å². The fourth-order valence-electron chi connectivity index (χ4n) is 2.27. The maximum atomic E-state index is 5.84. The third-order valence-electron chi connectivity index (χ3n) is 3.13. The second kappa shape index (κ2) is 5.80. The molecule has 3 heteroatoms. The molecule has 1 fully saturated rings. The molecular formula is C13H18BrNO. The fraction of sp³-hybridized carbons (Fsp3) is 0.538. The molecule has 0 aromatic heterocycles. The van der Waals surface area contributed by atoms with E-state index in [-0.39, 0.29) is 0 Å². The fourth-order valence-corrected chi connectivity index (χ4v) is 2.53. The van der Waals surface area contributed by atoms with Gasteiger partial charge >= 0.3 is 0 Å². The highest BCUT2D eigenvalue weighted by molar-refractivity contribution is 9.10. The second-order valence-electron chi connectivity index (χ2n) is 4.22. The zero-order valence-corrected chi connectivity index (χ0v) is 11.2. The molecule has 2 nitrogen and oxygen atoms in total. The van der Waals surface area contributed by atoms with Gasteiger partial charge in [0.2, 0.25) is 0 Å². The number of ether oxygens (including phenoxy) is 1. The first-order chi connectivity index (χ1) is 7.81. The molecule has 1 aliphatic heterocycles. The van der Waals surface area contributed by atoms with Crippen LogP contribution in [-0.4, -0.2) is 19.8 Å². The van der Waals surface area contributed by atoms with E-state index in [0.717, 1.165) is 17.5 Å². The van der Waals surface area contributed by atoms with Crippen molar-refractivity contribution in [2.75, 3.05) is 13.7 Å². The normalized spacial score (nSPS) is 23.0. The molecule has 1 aliphatic rings. The van der Waals surface area contributed by atoms with Crippen molar-refractivity contribution in [2.45, 2.75) is 31.4 Å². The summed E-state index contributed by atoms with van der Waals surface area (Å²) < 4.78 is 6.96. The van der Waals surface area contributed by atoms with Gasteiger partial charge in [-0.3, -0.25) is 0 Å². The van der Waals surface area contributed by atoms with Gasteiger partial charge in [-0.2, -0.15) is 0 Å². The number of benzene rings is 1. The lowest BCUT2D eigenvalue weighted by molar-refractivity contribution is -0.00662. The topological polar surface area (TPSA) is 21.3 Å². The number of hydrogen-bond acceptors (Lipinski definition) is 2. The SMILES string of the molecule is CNC(c1ccc(Br)cc1)C1CCCCO1. The molecule has 0 radical (unpaired) electrons. The molecular weight excluding hydrogens is 266 g/mol. The van der Waals surface area contributed by atoms with Crippen LogP contribution in [0.15, 0.2) is 28.7 Å². The Hall–Kier alpha value is -0.380. The van der Waals surface area contributed by atoms with E-state index >= 15 is 0 Å². The summed E-state index contributed by atoms with van der Waals surface area (Å²) in [5.74, 6) is 0. The first-order valence-electron chi connectivity index (χ1n) is 5.85. The summed E-state index contributed by atoms with van der Waals surface area (Å²) in [6.45, 7) is 0.902. The summed E-state index contributed by atoms with van der Waals surface area (Å²) in [4.78, 5) is 0. The minimum Gasteiger partial charge on any atom is -0.376 e. The van der Waals surface area contributed by atoms with E-state index in [1.165, 1.54) is 18.4 Å². The molecule has 1 aromatic rings. The first-order valence-corrected chi connectivity index (χ1v) is 6.65. The molecule has 0 saturated carbocycles. The molecule has 1 aromatic carbocycles. The lowest BCUT2D eigenvalue weighted by Gasteiger charge is -2.30. The van der Waals surface area contributed by atoms with Gasteiger partial charge < -0.3 is 10.1 Å². The highest BCUT2D eigenvalue weighted by Crippen LogP contribution is 2.26. The third kappa shape index (κ3) is 2.84. The van der Waals surface area contributed by atoms with Gasteiger partial charge in [-0.15, -0.1) is 0 Å². The van der Waals surface area contributed by atoms with E-state index in [0.29, 0.717) is 12.1 Å². The van der Waals surface area contributed by atoms with Gasteiger partial charge in [0.15, 0.2) is 0 Å². The smallest absolute Gasteiger partial charge is 0.0769 e. The number of rotatable bonds is 3. The quantitative estimate of drug-likeness (QED) is 0.919. The van der Waals surface area contributed by atoms with Crippen LogP contribution in [0, 0.1) is 0 Å². The van der Waals surface area contributed by atoms with Crippen molar-refractivity contribution in [3.63, 3.8) is 0 Å². The Balaban J connectivity index is 2.11. The van der Waals surface area contributed by atoms with Gasteiger partial charge in [-0.05, 0) is 44.0 Å². The standard InChI is InChI=1S/C13H18BrNO/c1-15-13(12-4-2-3-9-16-12)10-5-7-11(14)8-6-10/h5-8,12-13,15H,2-4,9H2,1H3. The molecule has 1 N–H and O–H groups in total. The molecule has 2 rings (SSSR count). The summed E-state index contributed by atoms with van der Waals surface area (Å²) in [6, 6.07) is 8.80. The van der Waals surface area contributed by atoms with Crippen molar-refractivity contribution in [1.82, 2.24) is 5.32 Å². The molecule has 0 amide bonds. The Morgan fingerprint density at radius 2 is 2.06 bits per heavy atom. The first kappa shape index (κ1) is 12.1.